The molecule has 0 radical (unpaired) electrons. The van der Waals surface area contributed by atoms with Crippen LogP contribution >= 0.6 is 11.3 Å². The molecule has 2 rings (SSSR count). The second-order valence-electron chi connectivity index (χ2n) is 3.57. The van der Waals surface area contributed by atoms with E-state index in [2.05, 4.69) is 22.2 Å². The Morgan fingerprint density at radius 1 is 1.46 bits per heavy atom. The van der Waals surface area contributed by atoms with Gasteiger partial charge in [0.15, 0.2) is 0 Å². The average Bonchev–Trinajstić information content (AvgIpc) is 2.76. The Kier molecular flexibility index (Phi) is 2.96. The van der Waals surface area contributed by atoms with E-state index in [-0.39, 0.29) is 0 Å². The largest absolute Gasteiger partial charge is 0.297 e. The molecule has 1 fully saturated rings. The van der Waals surface area contributed by atoms with Crippen LogP contribution in [0.15, 0.2) is 5.38 Å². The van der Waals surface area contributed by atoms with E-state index in [0.29, 0.717) is 0 Å². The molecule has 13 heavy (non-hydrogen) atoms. The fourth-order valence-corrected chi connectivity index (χ4v) is 2.49. The predicted octanol–water partition coefficient (Wildman–Crippen LogP) is 2.30. The van der Waals surface area contributed by atoms with Gasteiger partial charge in [0.05, 0.1) is 10.7 Å². The summed E-state index contributed by atoms with van der Waals surface area (Å²) in [7, 11) is 0. The standard InChI is InChI=1S/C10H16N2S/c1-2-10-11-9(8-13-10)7-12-5-3-4-6-12/h8H,2-7H2,1H3. The SMILES string of the molecule is CCc1nc(CN2CCCC2)cs1. The van der Waals surface area contributed by atoms with Gasteiger partial charge in [-0.15, -0.1) is 11.3 Å². The monoisotopic (exact) mass is 196 g/mol. The predicted molar refractivity (Wildman–Crippen MR) is 56.0 cm³/mol. The third-order valence-corrected chi connectivity index (χ3v) is 3.53. The fourth-order valence-electron chi connectivity index (χ4n) is 1.75. The van der Waals surface area contributed by atoms with E-state index < -0.39 is 0 Å². The molecule has 0 bridgehead atoms. The molecule has 0 amide bonds. The highest BCUT2D eigenvalue weighted by Crippen LogP contribution is 2.15. The number of hydrogen-bond donors (Lipinski definition) is 0. The maximum atomic E-state index is 4.57. The van der Waals surface area contributed by atoms with Crippen molar-refractivity contribution in [1.82, 2.24) is 9.88 Å². The zero-order valence-electron chi connectivity index (χ0n) is 8.12. The van der Waals surface area contributed by atoms with Gasteiger partial charge in [0, 0.05) is 11.9 Å². The molecule has 72 valence electrons. The first-order valence-electron chi connectivity index (χ1n) is 5.04. The number of aromatic nitrogens is 1. The van der Waals surface area contributed by atoms with E-state index in [1.807, 2.05) is 0 Å². The summed E-state index contributed by atoms with van der Waals surface area (Å²) in [5.41, 5.74) is 1.27. The lowest BCUT2D eigenvalue weighted by atomic mass is 10.4. The van der Waals surface area contributed by atoms with Crippen molar-refractivity contribution in [3.8, 4) is 0 Å². The lowest BCUT2D eigenvalue weighted by Gasteiger charge is -2.11. The van der Waals surface area contributed by atoms with Crippen LogP contribution in [0.2, 0.25) is 0 Å². The molecule has 1 saturated heterocycles. The fraction of sp³-hybridized carbons (Fsp3) is 0.700. The van der Waals surface area contributed by atoms with Gasteiger partial charge in [0.25, 0.3) is 0 Å². The zero-order chi connectivity index (χ0) is 9.10. The number of likely N-dealkylation sites (tertiary alicyclic amines) is 1. The van der Waals surface area contributed by atoms with E-state index in [4.69, 9.17) is 0 Å². The minimum atomic E-state index is 1.07. The van der Waals surface area contributed by atoms with Crippen LogP contribution in [0.3, 0.4) is 0 Å². The molecule has 0 aromatic carbocycles. The van der Waals surface area contributed by atoms with Gasteiger partial charge >= 0.3 is 0 Å². The molecule has 2 heterocycles. The number of aryl methyl sites for hydroxylation is 1. The van der Waals surface area contributed by atoms with Crippen LogP contribution in [-0.4, -0.2) is 23.0 Å². The van der Waals surface area contributed by atoms with Gasteiger partial charge in [-0.3, -0.25) is 4.90 Å². The average molecular weight is 196 g/mol. The maximum Gasteiger partial charge on any atom is 0.0926 e. The topological polar surface area (TPSA) is 16.1 Å². The Morgan fingerprint density at radius 3 is 2.85 bits per heavy atom. The highest BCUT2D eigenvalue weighted by atomic mass is 32.1. The first-order valence-corrected chi connectivity index (χ1v) is 5.92. The summed E-state index contributed by atoms with van der Waals surface area (Å²) in [5.74, 6) is 0. The Balaban J connectivity index is 1.92. The molecule has 1 aliphatic rings. The first kappa shape index (κ1) is 9.16. The first-order chi connectivity index (χ1) is 6.38. The molecule has 1 aromatic rings. The molecule has 2 nitrogen and oxygen atoms in total. The molecule has 1 aliphatic heterocycles. The van der Waals surface area contributed by atoms with Gasteiger partial charge in [0.1, 0.15) is 0 Å². The van der Waals surface area contributed by atoms with Crippen molar-refractivity contribution in [2.75, 3.05) is 13.1 Å². The smallest absolute Gasteiger partial charge is 0.0926 e. The maximum absolute atomic E-state index is 4.57. The highest BCUT2D eigenvalue weighted by Gasteiger charge is 2.12. The Hall–Kier alpha value is -0.410. The van der Waals surface area contributed by atoms with E-state index in [9.17, 15) is 0 Å². The summed E-state index contributed by atoms with van der Waals surface area (Å²) < 4.78 is 0. The van der Waals surface area contributed by atoms with Crippen molar-refractivity contribution in [2.24, 2.45) is 0 Å². The summed E-state index contributed by atoms with van der Waals surface area (Å²) in [4.78, 5) is 7.06. The van der Waals surface area contributed by atoms with Crippen LogP contribution < -0.4 is 0 Å². The van der Waals surface area contributed by atoms with Gasteiger partial charge in [-0.2, -0.15) is 0 Å². The van der Waals surface area contributed by atoms with E-state index in [1.165, 1.54) is 36.6 Å². The number of thiazole rings is 1. The summed E-state index contributed by atoms with van der Waals surface area (Å²) >= 11 is 1.80. The summed E-state index contributed by atoms with van der Waals surface area (Å²) in [6.45, 7) is 5.76. The van der Waals surface area contributed by atoms with Crippen LogP contribution in [0, 0.1) is 0 Å². The summed E-state index contributed by atoms with van der Waals surface area (Å²) in [5, 5.41) is 3.48. The molecule has 0 spiro atoms. The van der Waals surface area contributed by atoms with Gasteiger partial charge in [0.2, 0.25) is 0 Å². The van der Waals surface area contributed by atoms with Crippen LogP contribution in [-0.2, 0) is 13.0 Å². The van der Waals surface area contributed by atoms with E-state index in [0.717, 1.165) is 13.0 Å². The van der Waals surface area contributed by atoms with Gasteiger partial charge < -0.3 is 0 Å². The lowest BCUT2D eigenvalue weighted by Crippen LogP contribution is -2.18. The number of rotatable bonds is 3. The van der Waals surface area contributed by atoms with Crippen molar-refractivity contribution in [3.63, 3.8) is 0 Å². The summed E-state index contributed by atoms with van der Waals surface area (Å²) in [6, 6.07) is 0. The molecule has 0 atom stereocenters. The van der Waals surface area contributed by atoms with Crippen LogP contribution in [0.25, 0.3) is 0 Å². The van der Waals surface area contributed by atoms with Crippen molar-refractivity contribution < 1.29 is 0 Å². The molecule has 0 N–H and O–H groups in total. The lowest BCUT2D eigenvalue weighted by molar-refractivity contribution is 0.328. The Labute approximate surface area is 83.6 Å². The third kappa shape index (κ3) is 2.29. The van der Waals surface area contributed by atoms with E-state index >= 15 is 0 Å². The minimum Gasteiger partial charge on any atom is -0.297 e. The summed E-state index contributed by atoms with van der Waals surface area (Å²) in [6.07, 6.45) is 3.81. The molecular formula is C10H16N2S. The van der Waals surface area contributed by atoms with Crippen molar-refractivity contribution >= 4 is 11.3 Å². The molecule has 1 aromatic heterocycles. The van der Waals surface area contributed by atoms with Crippen molar-refractivity contribution in [3.05, 3.63) is 16.1 Å². The normalized spacial score (nSPS) is 18.2. The molecular weight excluding hydrogens is 180 g/mol. The van der Waals surface area contributed by atoms with Gasteiger partial charge in [-0.05, 0) is 32.4 Å². The second-order valence-corrected chi connectivity index (χ2v) is 4.51. The van der Waals surface area contributed by atoms with Crippen molar-refractivity contribution in [1.29, 1.82) is 0 Å². The Morgan fingerprint density at radius 2 is 2.23 bits per heavy atom. The minimum absolute atomic E-state index is 1.07. The number of nitrogens with zero attached hydrogens (tertiary/aromatic N) is 2. The third-order valence-electron chi connectivity index (χ3n) is 2.49. The Bertz CT molecular complexity index is 264. The van der Waals surface area contributed by atoms with Crippen LogP contribution in [0.1, 0.15) is 30.5 Å². The second kappa shape index (κ2) is 4.20. The zero-order valence-corrected chi connectivity index (χ0v) is 8.94. The quantitative estimate of drug-likeness (QED) is 0.737. The van der Waals surface area contributed by atoms with Crippen LogP contribution in [0.4, 0.5) is 0 Å². The molecule has 0 unspecified atom stereocenters. The molecule has 0 aliphatic carbocycles. The highest BCUT2D eigenvalue weighted by molar-refractivity contribution is 7.09. The molecule has 3 heteroatoms. The molecule has 0 saturated carbocycles. The van der Waals surface area contributed by atoms with Crippen molar-refractivity contribution in [2.45, 2.75) is 32.7 Å². The van der Waals surface area contributed by atoms with E-state index in [1.54, 1.807) is 11.3 Å². The van der Waals surface area contributed by atoms with Gasteiger partial charge in [-0.25, -0.2) is 4.98 Å². The van der Waals surface area contributed by atoms with Crippen LogP contribution in [0.5, 0.6) is 0 Å². The number of hydrogen-bond acceptors (Lipinski definition) is 3. The van der Waals surface area contributed by atoms with Gasteiger partial charge in [-0.1, -0.05) is 6.92 Å².